The van der Waals surface area contributed by atoms with E-state index < -0.39 is 10.0 Å². The molecule has 1 saturated carbocycles. The molecule has 1 N–H and O–H groups in total. The van der Waals surface area contributed by atoms with E-state index in [2.05, 4.69) is 5.32 Å². The lowest BCUT2D eigenvalue weighted by molar-refractivity contribution is 0.0941. The van der Waals surface area contributed by atoms with Crippen LogP contribution in [-0.2, 0) is 14.8 Å². The molecule has 0 bridgehead atoms. The molecule has 0 radical (unpaired) electrons. The highest BCUT2D eigenvalue weighted by molar-refractivity contribution is 7.89. The standard InChI is InChI=1S/C30H37N3O4S/c1-33(2)38(35,36)25-13-11-24(12-14-25)29-18-27(26-5-3-4-6-28(26)32-29)30(34)31-19-22-9-7-21(8-10-22)17-23-15-16-37-20-23/h3-6,11-14,18,21-23H,7-10,15-17,19-20H2,1-2H3,(H,31,34)/t21?,22?,23-/m1/s1. The number of rotatable bonds is 8. The largest absolute Gasteiger partial charge is 0.381 e. The highest BCUT2D eigenvalue weighted by atomic mass is 32.2. The van der Waals surface area contributed by atoms with Crippen LogP contribution in [0.15, 0.2) is 59.5 Å². The van der Waals surface area contributed by atoms with Crippen LogP contribution in [-0.4, -0.2) is 57.5 Å². The topological polar surface area (TPSA) is 88.6 Å². The minimum Gasteiger partial charge on any atom is -0.381 e. The molecular formula is C30H37N3O4S. The highest BCUT2D eigenvalue weighted by Gasteiger charge is 2.26. The summed E-state index contributed by atoms with van der Waals surface area (Å²) in [4.78, 5) is 18.4. The van der Waals surface area contributed by atoms with Crippen LogP contribution in [0.4, 0.5) is 0 Å². The SMILES string of the molecule is CN(C)S(=O)(=O)c1ccc(-c2cc(C(=O)NCC3CCC(C[C@H]4CCOC4)CC3)c3ccccc3n2)cc1. The fourth-order valence-corrected chi connectivity index (χ4v) is 6.67. The molecule has 38 heavy (non-hydrogen) atoms. The monoisotopic (exact) mass is 535 g/mol. The third kappa shape index (κ3) is 5.92. The van der Waals surface area contributed by atoms with Crippen LogP contribution in [0.5, 0.6) is 0 Å². The second-order valence-corrected chi connectivity index (χ2v) is 13.1. The van der Waals surface area contributed by atoms with Crippen molar-refractivity contribution in [3.63, 3.8) is 0 Å². The normalized spacial score (nSPS) is 22.1. The zero-order valence-corrected chi connectivity index (χ0v) is 23.0. The molecule has 7 nitrogen and oxygen atoms in total. The molecule has 0 unspecified atom stereocenters. The molecule has 2 aliphatic rings. The summed E-state index contributed by atoms with van der Waals surface area (Å²) in [5.74, 6) is 1.94. The number of para-hydroxylation sites is 1. The predicted octanol–water partition coefficient (Wildman–Crippen LogP) is 5.11. The van der Waals surface area contributed by atoms with E-state index in [0.29, 0.717) is 23.7 Å². The van der Waals surface area contributed by atoms with Crippen molar-refractivity contribution in [1.29, 1.82) is 0 Å². The molecule has 8 heteroatoms. The summed E-state index contributed by atoms with van der Waals surface area (Å²) >= 11 is 0. The summed E-state index contributed by atoms with van der Waals surface area (Å²) in [5.41, 5.74) is 2.72. The summed E-state index contributed by atoms with van der Waals surface area (Å²) in [6.07, 6.45) is 7.27. The summed E-state index contributed by atoms with van der Waals surface area (Å²) in [6, 6.07) is 16.1. The van der Waals surface area contributed by atoms with Crippen molar-refractivity contribution in [2.75, 3.05) is 33.9 Å². The number of ether oxygens (including phenoxy) is 1. The van der Waals surface area contributed by atoms with Crippen molar-refractivity contribution >= 4 is 26.8 Å². The van der Waals surface area contributed by atoms with Gasteiger partial charge in [0, 0.05) is 44.8 Å². The zero-order valence-electron chi connectivity index (χ0n) is 22.2. The van der Waals surface area contributed by atoms with Gasteiger partial charge in [0.2, 0.25) is 10.0 Å². The van der Waals surface area contributed by atoms with Gasteiger partial charge in [0.1, 0.15) is 0 Å². The fourth-order valence-electron chi connectivity index (χ4n) is 5.76. The maximum Gasteiger partial charge on any atom is 0.252 e. The maximum absolute atomic E-state index is 13.4. The number of benzene rings is 2. The minimum atomic E-state index is -3.52. The van der Waals surface area contributed by atoms with Crippen LogP contribution in [0.3, 0.4) is 0 Å². The molecule has 2 aromatic carbocycles. The molecule has 1 amide bonds. The number of pyridine rings is 1. The van der Waals surface area contributed by atoms with Crippen molar-refractivity contribution < 1.29 is 17.9 Å². The molecule has 0 spiro atoms. The first-order valence-corrected chi connectivity index (χ1v) is 15.0. The molecule has 202 valence electrons. The third-order valence-corrected chi connectivity index (χ3v) is 9.93. The van der Waals surface area contributed by atoms with Crippen LogP contribution in [0.1, 0.15) is 48.9 Å². The quantitative estimate of drug-likeness (QED) is 0.433. The Kier molecular flexibility index (Phi) is 8.12. The Morgan fingerprint density at radius 1 is 0.974 bits per heavy atom. The Hall–Kier alpha value is -2.81. The number of hydrogen-bond acceptors (Lipinski definition) is 5. The molecule has 2 heterocycles. The van der Waals surface area contributed by atoms with E-state index in [1.807, 2.05) is 30.3 Å². The molecular weight excluding hydrogens is 498 g/mol. The second-order valence-electron chi connectivity index (χ2n) is 10.9. The van der Waals surface area contributed by atoms with Crippen molar-refractivity contribution in [1.82, 2.24) is 14.6 Å². The van der Waals surface area contributed by atoms with Gasteiger partial charge in [-0.3, -0.25) is 4.79 Å². The van der Waals surface area contributed by atoms with E-state index >= 15 is 0 Å². The van der Waals surface area contributed by atoms with E-state index in [9.17, 15) is 13.2 Å². The van der Waals surface area contributed by atoms with Gasteiger partial charge in [-0.2, -0.15) is 0 Å². The average molecular weight is 536 g/mol. The Balaban J connectivity index is 1.28. The number of nitrogens with one attached hydrogen (secondary N) is 1. The first-order valence-electron chi connectivity index (χ1n) is 13.6. The first kappa shape index (κ1) is 26.8. The molecule has 1 saturated heterocycles. The number of sulfonamides is 1. The number of aromatic nitrogens is 1. The highest BCUT2D eigenvalue weighted by Crippen LogP contribution is 2.34. The van der Waals surface area contributed by atoms with Crippen molar-refractivity contribution in [3.05, 3.63) is 60.2 Å². The van der Waals surface area contributed by atoms with Crippen molar-refractivity contribution in [2.45, 2.75) is 43.4 Å². The van der Waals surface area contributed by atoms with E-state index in [1.54, 1.807) is 24.3 Å². The number of carbonyl (C=O) groups is 1. The molecule has 5 rings (SSSR count). The molecule has 1 aliphatic carbocycles. The summed E-state index contributed by atoms with van der Waals surface area (Å²) in [5, 5.41) is 4.01. The van der Waals surface area contributed by atoms with Crippen LogP contribution >= 0.6 is 0 Å². The van der Waals surface area contributed by atoms with Crippen LogP contribution in [0.25, 0.3) is 22.2 Å². The zero-order chi connectivity index (χ0) is 26.7. The van der Waals surface area contributed by atoms with Gasteiger partial charge >= 0.3 is 0 Å². The Bertz CT molecular complexity index is 1370. The van der Waals surface area contributed by atoms with Crippen LogP contribution in [0, 0.1) is 17.8 Å². The van der Waals surface area contributed by atoms with E-state index in [1.165, 1.54) is 44.1 Å². The molecule has 1 aromatic heterocycles. The number of hydrogen-bond donors (Lipinski definition) is 1. The summed E-state index contributed by atoms with van der Waals surface area (Å²) in [6.45, 7) is 2.53. The van der Waals surface area contributed by atoms with Gasteiger partial charge in [-0.15, -0.1) is 0 Å². The van der Waals surface area contributed by atoms with E-state index in [-0.39, 0.29) is 10.8 Å². The minimum absolute atomic E-state index is 0.0955. The first-order chi connectivity index (χ1) is 18.3. The van der Waals surface area contributed by atoms with E-state index in [0.717, 1.165) is 54.4 Å². The fraction of sp³-hybridized carbons (Fsp3) is 0.467. The average Bonchev–Trinajstić information content (AvgIpc) is 3.45. The van der Waals surface area contributed by atoms with Gasteiger partial charge in [0.15, 0.2) is 0 Å². The molecule has 3 aromatic rings. The lowest BCUT2D eigenvalue weighted by Crippen LogP contribution is -2.31. The molecule has 1 aliphatic heterocycles. The van der Waals surface area contributed by atoms with Crippen LogP contribution < -0.4 is 5.32 Å². The summed E-state index contributed by atoms with van der Waals surface area (Å²) in [7, 11) is -0.496. The predicted molar refractivity (Wildman–Crippen MR) is 149 cm³/mol. The number of nitrogens with zero attached hydrogens (tertiary/aromatic N) is 2. The van der Waals surface area contributed by atoms with Gasteiger partial charge in [0.25, 0.3) is 5.91 Å². The van der Waals surface area contributed by atoms with E-state index in [4.69, 9.17) is 9.72 Å². The van der Waals surface area contributed by atoms with Crippen molar-refractivity contribution in [2.24, 2.45) is 17.8 Å². The molecule has 1 atom stereocenters. The number of amides is 1. The second kappa shape index (κ2) is 11.5. The lowest BCUT2D eigenvalue weighted by atomic mass is 9.78. The number of fused-ring (bicyclic) bond motifs is 1. The summed E-state index contributed by atoms with van der Waals surface area (Å²) < 4.78 is 31.6. The van der Waals surface area contributed by atoms with Gasteiger partial charge in [-0.05, 0) is 67.7 Å². The Labute approximate surface area is 225 Å². The molecule has 2 fully saturated rings. The Morgan fingerprint density at radius 2 is 1.68 bits per heavy atom. The number of carbonyl (C=O) groups excluding carboxylic acids is 1. The van der Waals surface area contributed by atoms with Crippen molar-refractivity contribution in [3.8, 4) is 11.3 Å². The van der Waals surface area contributed by atoms with Gasteiger partial charge in [0.05, 0.1) is 21.7 Å². The van der Waals surface area contributed by atoms with Gasteiger partial charge in [-0.1, -0.05) is 43.2 Å². The van der Waals surface area contributed by atoms with Gasteiger partial charge < -0.3 is 10.1 Å². The van der Waals surface area contributed by atoms with Crippen LogP contribution in [0.2, 0.25) is 0 Å². The third-order valence-electron chi connectivity index (χ3n) is 8.10. The lowest BCUT2D eigenvalue weighted by Gasteiger charge is -2.30. The van der Waals surface area contributed by atoms with Gasteiger partial charge in [-0.25, -0.2) is 17.7 Å². The Morgan fingerprint density at radius 3 is 2.37 bits per heavy atom. The maximum atomic E-state index is 13.4. The smallest absolute Gasteiger partial charge is 0.252 e.